The fourth-order valence-electron chi connectivity index (χ4n) is 1.10. The van der Waals surface area contributed by atoms with E-state index in [1.165, 1.54) is 6.82 Å². The maximum absolute atomic E-state index is 10.7. The smallest absolute Gasteiger partial charge is 0.374 e. The lowest BCUT2D eigenvalue weighted by molar-refractivity contribution is -0.139. The van der Waals surface area contributed by atoms with Crippen molar-refractivity contribution in [2.24, 2.45) is 5.92 Å². The quantitative estimate of drug-likeness (QED) is 0.567. The van der Waals surface area contributed by atoms with Crippen LogP contribution in [0.1, 0.15) is 34.1 Å². The summed E-state index contributed by atoms with van der Waals surface area (Å²) in [5.41, 5.74) is 0. The molecule has 1 unspecified atom stereocenters. The lowest BCUT2D eigenvalue weighted by atomic mass is 9.85. The Hall–Kier alpha value is -0.545. The minimum absolute atomic E-state index is 0. The van der Waals surface area contributed by atoms with Crippen LogP contribution in [0.25, 0.3) is 0 Å². The zero-order valence-corrected chi connectivity index (χ0v) is 8.45. The highest BCUT2D eigenvalue weighted by Crippen LogP contribution is 2.09. The second-order valence-corrected chi connectivity index (χ2v) is 3.48. The van der Waals surface area contributed by atoms with Gasteiger partial charge < -0.3 is 15.4 Å². The van der Waals surface area contributed by atoms with E-state index in [-0.39, 0.29) is 7.43 Å². The predicted molar refractivity (Wildman–Crippen MR) is 59.2 cm³/mol. The van der Waals surface area contributed by atoms with Gasteiger partial charge in [0.1, 0.15) is 0 Å². The Morgan fingerprint density at radius 1 is 1.57 bits per heavy atom. The molecule has 14 heavy (non-hydrogen) atoms. The molecule has 0 aromatic heterocycles. The van der Waals surface area contributed by atoms with Crippen molar-refractivity contribution in [3.8, 4) is 0 Å². The van der Waals surface area contributed by atoms with E-state index in [1.54, 1.807) is 0 Å². The van der Waals surface area contributed by atoms with Gasteiger partial charge in [0.05, 0.1) is 6.04 Å². The molecule has 0 aliphatic heterocycles. The molecule has 0 amide bonds. The number of hydrogen-bond acceptors (Lipinski definition) is 3. The van der Waals surface area contributed by atoms with Crippen LogP contribution in [0.3, 0.4) is 0 Å². The Labute approximate surface area is 86.8 Å². The summed E-state index contributed by atoms with van der Waals surface area (Å²) in [6.45, 7) is 5.54. The molecule has 0 spiro atoms. The molecule has 3 N–H and O–H groups in total. The summed E-state index contributed by atoms with van der Waals surface area (Å²) in [5, 5.41) is 20.4. The number of rotatable bonds is 6. The SMILES string of the molecule is C.CC[C@H](C)CC(NB(C)O)C(=O)O. The molecule has 5 heteroatoms. The summed E-state index contributed by atoms with van der Waals surface area (Å²) >= 11 is 0. The van der Waals surface area contributed by atoms with Gasteiger partial charge in [-0.05, 0) is 19.2 Å². The Morgan fingerprint density at radius 3 is 2.36 bits per heavy atom. The Morgan fingerprint density at radius 2 is 2.07 bits per heavy atom. The molecule has 0 heterocycles. The van der Waals surface area contributed by atoms with Crippen molar-refractivity contribution in [3.63, 3.8) is 0 Å². The summed E-state index contributed by atoms with van der Waals surface area (Å²) in [7, 11) is -0.773. The minimum atomic E-state index is -0.902. The molecule has 4 nitrogen and oxygen atoms in total. The molecular weight excluding hydrogens is 181 g/mol. The van der Waals surface area contributed by atoms with Gasteiger partial charge in [-0.2, -0.15) is 0 Å². The molecule has 0 aliphatic carbocycles. The average molecular weight is 203 g/mol. The van der Waals surface area contributed by atoms with Crippen molar-refractivity contribution < 1.29 is 14.9 Å². The van der Waals surface area contributed by atoms with E-state index in [9.17, 15) is 4.79 Å². The van der Waals surface area contributed by atoms with Crippen LogP contribution in [-0.2, 0) is 4.79 Å². The van der Waals surface area contributed by atoms with Crippen LogP contribution < -0.4 is 5.23 Å². The van der Waals surface area contributed by atoms with Crippen LogP contribution in [0.15, 0.2) is 0 Å². The molecule has 0 radical (unpaired) electrons. The Bertz CT molecular complexity index is 164. The first kappa shape index (κ1) is 15.9. The minimum Gasteiger partial charge on any atom is -0.480 e. The Kier molecular flexibility index (Phi) is 8.89. The van der Waals surface area contributed by atoms with Crippen molar-refractivity contribution in [2.45, 2.75) is 47.0 Å². The monoisotopic (exact) mass is 203 g/mol. The standard InChI is InChI=1S/C8H18BNO3.CH4/c1-4-6(2)5-7(8(11)12)10-9(3)13;/h6-7,10,13H,4-5H2,1-3H3,(H,11,12);1H4/t6-,7?;/m0./s1. The average Bonchev–Trinajstić information content (AvgIpc) is 2.02. The molecule has 0 saturated heterocycles. The molecular formula is C9H22BNO3. The van der Waals surface area contributed by atoms with Gasteiger partial charge in [0.25, 0.3) is 0 Å². The van der Waals surface area contributed by atoms with Gasteiger partial charge in [-0.3, -0.25) is 4.79 Å². The van der Waals surface area contributed by atoms with Crippen molar-refractivity contribution in [3.05, 3.63) is 0 Å². The second kappa shape index (κ2) is 7.82. The first-order valence-corrected chi connectivity index (χ1v) is 4.64. The summed E-state index contributed by atoms with van der Waals surface area (Å²) < 4.78 is 0. The van der Waals surface area contributed by atoms with Gasteiger partial charge in [0.2, 0.25) is 0 Å². The molecule has 2 atom stereocenters. The van der Waals surface area contributed by atoms with Crippen LogP contribution >= 0.6 is 0 Å². The third kappa shape index (κ3) is 6.92. The Balaban J connectivity index is 0. The van der Waals surface area contributed by atoms with Gasteiger partial charge >= 0.3 is 13.0 Å². The molecule has 0 aromatic carbocycles. The van der Waals surface area contributed by atoms with E-state index in [4.69, 9.17) is 10.1 Å². The van der Waals surface area contributed by atoms with Crippen molar-refractivity contribution >= 4 is 13.0 Å². The van der Waals surface area contributed by atoms with E-state index >= 15 is 0 Å². The molecule has 84 valence electrons. The summed E-state index contributed by atoms with van der Waals surface area (Å²) in [5.74, 6) is -0.548. The second-order valence-electron chi connectivity index (χ2n) is 3.48. The van der Waals surface area contributed by atoms with Crippen LogP contribution in [0.4, 0.5) is 0 Å². The number of aliphatic carboxylic acids is 1. The lowest BCUT2D eigenvalue weighted by Gasteiger charge is -2.18. The molecule has 0 aromatic rings. The number of hydrogen-bond donors (Lipinski definition) is 3. The molecule has 0 saturated carbocycles. The summed E-state index contributed by atoms with van der Waals surface area (Å²) in [6.07, 6.45) is 1.50. The number of carboxylic acids is 1. The van der Waals surface area contributed by atoms with Crippen molar-refractivity contribution in [2.75, 3.05) is 0 Å². The van der Waals surface area contributed by atoms with Crippen LogP contribution in [0, 0.1) is 5.92 Å². The normalized spacial score (nSPS) is 14.0. The zero-order valence-electron chi connectivity index (χ0n) is 8.45. The summed E-state index contributed by atoms with van der Waals surface area (Å²) in [4.78, 5) is 10.7. The third-order valence-electron chi connectivity index (χ3n) is 2.08. The first-order valence-electron chi connectivity index (χ1n) is 4.64. The van der Waals surface area contributed by atoms with E-state index in [0.29, 0.717) is 12.3 Å². The summed E-state index contributed by atoms with van der Waals surface area (Å²) in [6, 6.07) is -0.644. The highest BCUT2D eigenvalue weighted by Gasteiger charge is 2.21. The number of carboxylic acid groups (broad SMARTS) is 1. The van der Waals surface area contributed by atoms with E-state index in [0.717, 1.165) is 6.42 Å². The van der Waals surface area contributed by atoms with Gasteiger partial charge in [0, 0.05) is 0 Å². The van der Waals surface area contributed by atoms with Crippen molar-refractivity contribution in [1.82, 2.24) is 5.23 Å². The molecule has 0 bridgehead atoms. The fourth-order valence-corrected chi connectivity index (χ4v) is 1.10. The maximum Gasteiger partial charge on any atom is 0.374 e. The maximum atomic E-state index is 10.7. The van der Waals surface area contributed by atoms with Gasteiger partial charge in [0.15, 0.2) is 0 Å². The van der Waals surface area contributed by atoms with Gasteiger partial charge in [-0.15, -0.1) is 0 Å². The molecule has 0 aliphatic rings. The van der Waals surface area contributed by atoms with Crippen LogP contribution in [0.2, 0.25) is 6.82 Å². The van der Waals surface area contributed by atoms with Gasteiger partial charge in [-0.25, -0.2) is 0 Å². The number of carbonyl (C=O) groups is 1. The van der Waals surface area contributed by atoms with Crippen LogP contribution in [-0.4, -0.2) is 29.2 Å². The number of nitrogens with one attached hydrogen (secondary N) is 1. The van der Waals surface area contributed by atoms with Crippen molar-refractivity contribution in [1.29, 1.82) is 0 Å². The topological polar surface area (TPSA) is 69.6 Å². The predicted octanol–water partition coefficient (Wildman–Crippen LogP) is 1.21. The first-order chi connectivity index (χ1) is 5.97. The van der Waals surface area contributed by atoms with E-state index in [1.807, 2.05) is 13.8 Å². The van der Waals surface area contributed by atoms with E-state index in [2.05, 4.69) is 5.23 Å². The third-order valence-corrected chi connectivity index (χ3v) is 2.08. The molecule has 0 rings (SSSR count). The molecule has 0 fully saturated rings. The fraction of sp³-hybridized carbons (Fsp3) is 0.889. The highest BCUT2D eigenvalue weighted by molar-refractivity contribution is 6.45. The van der Waals surface area contributed by atoms with E-state index < -0.39 is 19.1 Å². The largest absolute Gasteiger partial charge is 0.480 e. The lowest BCUT2D eigenvalue weighted by Crippen LogP contribution is -2.45. The zero-order chi connectivity index (χ0) is 10.4. The van der Waals surface area contributed by atoms with Gasteiger partial charge in [-0.1, -0.05) is 27.7 Å². The highest BCUT2D eigenvalue weighted by atomic mass is 16.4. The van der Waals surface area contributed by atoms with Crippen LogP contribution in [0.5, 0.6) is 0 Å².